The molecule has 0 aromatic rings. The number of epoxide rings is 1. The molecular formula is C12H16O. The maximum Gasteiger partial charge on any atom is 0.0879 e. The molecule has 1 nitrogen and oxygen atoms in total. The van der Waals surface area contributed by atoms with Crippen LogP contribution in [0.4, 0.5) is 0 Å². The molecule has 1 aliphatic heterocycles. The van der Waals surface area contributed by atoms with Crippen LogP contribution in [0.5, 0.6) is 0 Å². The molecule has 2 atom stereocenters. The van der Waals surface area contributed by atoms with Gasteiger partial charge in [0.05, 0.1) is 12.2 Å². The average Bonchev–Trinajstić information content (AvgIpc) is 3.00. The minimum Gasteiger partial charge on any atom is -0.369 e. The summed E-state index contributed by atoms with van der Waals surface area (Å²) in [5.74, 6) is 0. The van der Waals surface area contributed by atoms with Crippen molar-refractivity contribution >= 4 is 0 Å². The van der Waals surface area contributed by atoms with E-state index >= 15 is 0 Å². The van der Waals surface area contributed by atoms with Crippen LogP contribution >= 0.6 is 0 Å². The summed E-state index contributed by atoms with van der Waals surface area (Å²) in [6.07, 6.45) is 19.0. The molecule has 2 aliphatic carbocycles. The van der Waals surface area contributed by atoms with Crippen LogP contribution in [-0.4, -0.2) is 12.2 Å². The summed E-state index contributed by atoms with van der Waals surface area (Å²) in [6.45, 7) is 0. The summed E-state index contributed by atoms with van der Waals surface area (Å²) in [6, 6.07) is 0. The summed E-state index contributed by atoms with van der Waals surface area (Å²) in [5, 5.41) is 0. The standard InChI is InChI=1S/C6H8O.C6H8/c1-2-4-6-5(3-1)7-6;1-2-4-6-5-3-1/h1-2,5-6H,3-4H2;1-2,5-6H,3-4H2. The van der Waals surface area contributed by atoms with Crippen molar-refractivity contribution in [3.63, 3.8) is 0 Å². The highest BCUT2D eigenvalue weighted by molar-refractivity contribution is 5.03. The second-order valence-electron chi connectivity index (χ2n) is 3.57. The van der Waals surface area contributed by atoms with Crippen molar-refractivity contribution in [2.24, 2.45) is 0 Å². The molecule has 2 unspecified atom stereocenters. The molecule has 0 N–H and O–H groups in total. The zero-order valence-corrected chi connectivity index (χ0v) is 7.86. The Kier molecular flexibility index (Phi) is 2.98. The predicted octanol–water partition coefficient (Wildman–Crippen LogP) is 3.00. The quantitative estimate of drug-likeness (QED) is 0.408. The van der Waals surface area contributed by atoms with Crippen LogP contribution in [0.25, 0.3) is 0 Å². The topological polar surface area (TPSA) is 12.5 Å². The molecule has 0 spiro atoms. The first-order valence-corrected chi connectivity index (χ1v) is 5.07. The molecule has 0 amide bonds. The van der Waals surface area contributed by atoms with Gasteiger partial charge in [-0.2, -0.15) is 0 Å². The normalized spacial score (nSPS) is 33.2. The molecule has 0 bridgehead atoms. The van der Waals surface area contributed by atoms with Gasteiger partial charge in [0.15, 0.2) is 0 Å². The maximum atomic E-state index is 5.22. The molecule has 1 fully saturated rings. The number of rotatable bonds is 0. The lowest BCUT2D eigenvalue weighted by Crippen LogP contribution is -1.94. The highest BCUT2D eigenvalue weighted by atomic mass is 16.6. The Morgan fingerprint density at radius 2 is 1.15 bits per heavy atom. The van der Waals surface area contributed by atoms with Gasteiger partial charge in [-0.3, -0.25) is 0 Å². The minimum absolute atomic E-state index is 0.616. The van der Waals surface area contributed by atoms with Crippen molar-refractivity contribution in [3.05, 3.63) is 36.5 Å². The van der Waals surface area contributed by atoms with E-state index in [9.17, 15) is 0 Å². The van der Waals surface area contributed by atoms with Gasteiger partial charge in [-0.05, 0) is 25.7 Å². The Morgan fingerprint density at radius 1 is 0.692 bits per heavy atom. The molecule has 1 saturated heterocycles. The fourth-order valence-corrected chi connectivity index (χ4v) is 1.60. The average molecular weight is 176 g/mol. The monoisotopic (exact) mass is 176 g/mol. The second-order valence-corrected chi connectivity index (χ2v) is 3.57. The summed E-state index contributed by atoms with van der Waals surface area (Å²) in [4.78, 5) is 0. The van der Waals surface area contributed by atoms with Crippen molar-refractivity contribution in [2.75, 3.05) is 0 Å². The molecule has 0 aromatic heterocycles. The first-order valence-electron chi connectivity index (χ1n) is 5.07. The van der Waals surface area contributed by atoms with E-state index in [1.807, 2.05) is 0 Å². The molecule has 3 aliphatic rings. The van der Waals surface area contributed by atoms with Gasteiger partial charge < -0.3 is 4.74 Å². The third-order valence-electron chi connectivity index (χ3n) is 2.47. The van der Waals surface area contributed by atoms with Gasteiger partial charge in [0, 0.05) is 0 Å². The molecule has 1 heteroatoms. The summed E-state index contributed by atoms with van der Waals surface area (Å²) < 4.78 is 5.22. The molecule has 13 heavy (non-hydrogen) atoms. The van der Waals surface area contributed by atoms with E-state index in [0.717, 1.165) is 25.7 Å². The third kappa shape index (κ3) is 2.85. The van der Waals surface area contributed by atoms with Crippen molar-refractivity contribution in [2.45, 2.75) is 37.9 Å². The van der Waals surface area contributed by atoms with E-state index in [0.29, 0.717) is 12.2 Å². The lowest BCUT2D eigenvalue weighted by molar-refractivity contribution is 0.376. The first-order chi connectivity index (χ1) is 6.47. The molecule has 0 radical (unpaired) electrons. The van der Waals surface area contributed by atoms with Gasteiger partial charge in [0.1, 0.15) is 0 Å². The number of hydrogen-bond acceptors (Lipinski definition) is 1. The first kappa shape index (κ1) is 8.76. The molecular weight excluding hydrogens is 160 g/mol. The van der Waals surface area contributed by atoms with E-state index in [1.54, 1.807) is 0 Å². The van der Waals surface area contributed by atoms with Crippen molar-refractivity contribution < 1.29 is 4.74 Å². The van der Waals surface area contributed by atoms with Gasteiger partial charge in [-0.1, -0.05) is 36.5 Å². The van der Waals surface area contributed by atoms with E-state index in [4.69, 9.17) is 4.74 Å². The molecule has 3 rings (SSSR count). The smallest absolute Gasteiger partial charge is 0.0879 e. The van der Waals surface area contributed by atoms with Gasteiger partial charge in [0.25, 0.3) is 0 Å². The summed E-state index contributed by atoms with van der Waals surface area (Å²) in [5.41, 5.74) is 0. The Labute approximate surface area is 79.8 Å². The van der Waals surface area contributed by atoms with Gasteiger partial charge >= 0.3 is 0 Å². The highest BCUT2D eigenvalue weighted by Gasteiger charge is 2.37. The Morgan fingerprint density at radius 3 is 1.46 bits per heavy atom. The Hall–Kier alpha value is -0.820. The van der Waals surface area contributed by atoms with E-state index < -0.39 is 0 Å². The Bertz CT molecular complexity index is 206. The highest BCUT2D eigenvalue weighted by Crippen LogP contribution is 2.31. The van der Waals surface area contributed by atoms with Crippen LogP contribution < -0.4 is 0 Å². The minimum atomic E-state index is 0.616. The zero-order valence-electron chi connectivity index (χ0n) is 7.86. The van der Waals surface area contributed by atoms with Crippen LogP contribution in [-0.2, 0) is 4.74 Å². The molecule has 1 heterocycles. The fraction of sp³-hybridized carbons (Fsp3) is 0.500. The molecule has 70 valence electrons. The predicted molar refractivity (Wildman–Crippen MR) is 54.5 cm³/mol. The zero-order chi connectivity index (χ0) is 8.93. The SMILES string of the molecule is C1=CCC2OC2C1.C1=CCC=CC1. The third-order valence-corrected chi connectivity index (χ3v) is 2.47. The van der Waals surface area contributed by atoms with Crippen LogP contribution in [0, 0.1) is 0 Å². The largest absolute Gasteiger partial charge is 0.369 e. The van der Waals surface area contributed by atoms with Gasteiger partial charge in [-0.25, -0.2) is 0 Å². The molecule has 0 saturated carbocycles. The fourth-order valence-electron chi connectivity index (χ4n) is 1.60. The van der Waals surface area contributed by atoms with Gasteiger partial charge in [-0.15, -0.1) is 0 Å². The van der Waals surface area contributed by atoms with Gasteiger partial charge in [0.2, 0.25) is 0 Å². The van der Waals surface area contributed by atoms with E-state index in [1.165, 1.54) is 0 Å². The number of ether oxygens (including phenoxy) is 1. The van der Waals surface area contributed by atoms with Crippen molar-refractivity contribution in [1.29, 1.82) is 0 Å². The summed E-state index contributed by atoms with van der Waals surface area (Å²) >= 11 is 0. The lowest BCUT2D eigenvalue weighted by atomic mass is 10.1. The molecule has 0 aromatic carbocycles. The van der Waals surface area contributed by atoms with Crippen LogP contribution in [0.15, 0.2) is 36.5 Å². The van der Waals surface area contributed by atoms with Crippen LogP contribution in [0.3, 0.4) is 0 Å². The van der Waals surface area contributed by atoms with Crippen molar-refractivity contribution in [3.8, 4) is 0 Å². The second kappa shape index (κ2) is 4.43. The van der Waals surface area contributed by atoms with Crippen molar-refractivity contribution in [1.82, 2.24) is 0 Å². The maximum absolute atomic E-state index is 5.22. The number of allylic oxidation sites excluding steroid dienone is 4. The lowest BCUT2D eigenvalue weighted by Gasteiger charge is -1.91. The van der Waals surface area contributed by atoms with Crippen LogP contribution in [0.2, 0.25) is 0 Å². The summed E-state index contributed by atoms with van der Waals surface area (Å²) in [7, 11) is 0. The van der Waals surface area contributed by atoms with E-state index in [-0.39, 0.29) is 0 Å². The number of fused-ring (bicyclic) bond motifs is 1. The number of hydrogen-bond donors (Lipinski definition) is 0. The van der Waals surface area contributed by atoms with Crippen LogP contribution in [0.1, 0.15) is 25.7 Å². The van der Waals surface area contributed by atoms with E-state index in [2.05, 4.69) is 36.5 Å². The Balaban J connectivity index is 0.000000102.